The average molecular weight is 178 g/mol. The van der Waals surface area contributed by atoms with Crippen molar-refractivity contribution in [1.82, 2.24) is 10.2 Å². The van der Waals surface area contributed by atoms with Gasteiger partial charge in [-0.25, -0.2) is 0 Å². The molecule has 2 unspecified atom stereocenters. The van der Waals surface area contributed by atoms with Crippen molar-refractivity contribution in [2.75, 3.05) is 26.2 Å². The highest BCUT2D eigenvalue weighted by Crippen LogP contribution is 2.39. The Bertz CT molecular complexity index is 239. The molecule has 0 amide bonds. The Morgan fingerprint density at radius 3 is 2.92 bits per heavy atom. The summed E-state index contributed by atoms with van der Waals surface area (Å²) >= 11 is 0. The van der Waals surface area contributed by atoms with Gasteiger partial charge in [-0.15, -0.1) is 6.42 Å². The predicted octanol–water partition coefficient (Wildman–Crippen LogP) is 0.549. The third kappa shape index (κ3) is 1.27. The molecule has 2 saturated heterocycles. The normalized spacial score (nSPS) is 37.3. The molecule has 0 saturated carbocycles. The summed E-state index contributed by atoms with van der Waals surface area (Å²) in [6, 6.07) is 0. The van der Waals surface area contributed by atoms with Crippen molar-refractivity contribution in [3.63, 3.8) is 0 Å². The Kier molecular flexibility index (Phi) is 2.09. The Labute approximate surface area is 80.7 Å². The molecule has 2 aliphatic heterocycles. The van der Waals surface area contributed by atoms with Crippen molar-refractivity contribution in [2.45, 2.75) is 19.4 Å². The van der Waals surface area contributed by atoms with Crippen LogP contribution in [-0.2, 0) is 0 Å². The Morgan fingerprint density at radius 2 is 2.31 bits per heavy atom. The van der Waals surface area contributed by atoms with Crippen LogP contribution in [0.15, 0.2) is 0 Å². The maximum atomic E-state index is 5.37. The maximum Gasteiger partial charge on any atom is 0.0603 e. The van der Waals surface area contributed by atoms with Crippen molar-refractivity contribution in [3.05, 3.63) is 0 Å². The van der Waals surface area contributed by atoms with Crippen molar-refractivity contribution < 1.29 is 0 Å². The predicted molar refractivity (Wildman–Crippen MR) is 54.3 cm³/mol. The van der Waals surface area contributed by atoms with Crippen LogP contribution in [0.3, 0.4) is 0 Å². The van der Waals surface area contributed by atoms with E-state index >= 15 is 0 Å². The molecule has 2 rings (SSSR count). The minimum atomic E-state index is 0.292. The second kappa shape index (κ2) is 3.01. The molecule has 2 aliphatic rings. The summed E-state index contributed by atoms with van der Waals surface area (Å²) in [5.74, 6) is 4.38. The fourth-order valence-corrected chi connectivity index (χ4v) is 2.88. The lowest BCUT2D eigenvalue weighted by Gasteiger charge is -2.34. The van der Waals surface area contributed by atoms with E-state index in [1.165, 1.54) is 19.6 Å². The van der Waals surface area contributed by atoms with Crippen molar-refractivity contribution in [3.8, 4) is 12.3 Å². The van der Waals surface area contributed by atoms with E-state index in [0.717, 1.165) is 18.4 Å². The van der Waals surface area contributed by atoms with Crippen LogP contribution >= 0.6 is 0 Å². The third-order valence-electron chi connectivity index (χ3n) is 3.80. The van der Waals surface area contributed by atoms with Gasteiger partial charge < -0.3 is 5.32 Å². The SMILES string of the molecule is C#CCN1CC2CNCC2C1(C)C. The van der Waals surface area contributed by atoms with Gasteiger partial charge >= 0.3 is 0 Å². The highest BCUT2D eigenvalue weighted by atomic mass is 15.2. The molecule has 2 heterocycles. The van der Waals surface area contributed by atoms with Crippen molar-refractivity contribution in [2.24, 2.45) is 11.8 Å². The first-order chi connectivity index (χ1) is 6.16. The van der Waals surface area contributed by atoms with Crippen LogP contribution in [0.25, 0.3) is 0 Å². The molecule has 0 aliphatic carbocycles. The lowest BCUT2D eigenvalue weighted by molar-refractivity contribution is 0.158. The number of nitrogens with one attached hydrogen (secondary N) is 1. The van der Waals surface area contributed by atoms with E-state index in [4.69, 9.17) is 6.42 Å². The van der Waals surface area contributed by atoms with Gasteiger partial charge in [0, 0.05) is 18.6 Å². The molecule has 0 aromatic carbocycles. The topological polar surface area (TPSA) is 15.3 Å². The third-order valence-corrected chi connectivity index (χ3v) is 3.80. The molecule has 1 N–H and O–H groups in total. The quantitative estimate of drug-likeness (QED) is 0.590. The second-order valence-corrected chi connectivity index (χ2v) is 4.76. The number of fused-ring (bicyclic) bond motifs is 1. The molecular weight excluding hydrogens is 160 g/mol. The molecule has 13 heavy (non-hydrogen) atoms. The van der Waals surface area contributed by atoms with Crippen LogP contribution in [0.2, 0.25) is 0 Å². The van der Waals surface area contributed by atoms with Crippen LogP contribution in [-0.4, -0.2) is 36.6 Å². The van der Waals surface area contributed by atoms with Gasteiger partial charge in [0.15, 0.2) is 0 Å². The molecule has 0 spiro atoms. The first-order valence-corrected chi connectivity index (χ1v) is 5.05. The number of rotatable bonds is 1. The van der Waals surface area contributed by atoms with Gasteiger partial charge in [0.2, 0.25) is 0 Å². The lowest BCUT2D eigenvalue weighted by Crippen LogP contribution is -2.44. The van der Waals surface area contributed by atoms with Crippen LogP contribution in [0.4, 0.5) is 0 Å². The number of likely N-dealkylation sites (tertiary alicyclic amines) is 1. The van der Waals surface area contributed by atoms with Crippen molar-refractivity contribution in [1.29, 1.82) is 0 Å². The van der Waals surface area contributed by atoms with Crippen LogP contribution in [0.5, 0.6) is 0 Å². The molecule has 2 nitrogen and oxygen atoms in total. The Hall–Kier alpha value is -0.520. The van der Waals surface area contributed by atoms with E-state index in [1.54, 1.807) is 0 Å². The van der Waals surface area contributed by atoms with E-state index in [0.29, 0.717) is 5.54 Å². The number of hydrogen-bond donors (Lipinski definition) is 1. The smallest absolute Gasteiger partial charge is 0.0603 e. The minimum absolute atomic E-state index is 0.292. The largest absolute Gasteiger partial charge is 0.316 e. The zero-order valence-electron chi connectivity index (χ0n) is 8.51. The molecule has 0 aromatic rings. The fourth-order valence-electron chi connectivity index (χ4n) is 2.88. The van der Waals surface area contributed by atoms with E-state index in [-0.39, 0.29) is 0 Å². The van der Waals surface area contributed by atoms with Crippen LogP contribution < -0.4 is 5.32 Å². The maximum absolute atomic E-state index is 5.37. The number of hydrogen-bond acceptors (Lipinski definition) is 2. The van der Waals surface area contributed by atoms with Gasteiger partial charge in [0.1, 0.15) is 0 Å². The molecule has 0 aromatic heterocycles. The van der Waals surface area contributed by atoms with Crippen LogP contribution in [0.1, 0.15) is 13.8 Å². The molecule has 0 bridgehead atoms. The number of terminal acetylenes is 1. The van der Waals surface area contributed by atoms with E-state index in [1.807, 2.05) is 0 Å². The fraction of sp³-hybridized carbons (Fsp3) is 0.818. The Morgan fingerprint density at radius 1 is 1.54 bits per heavy atom. The monoisotopic (exact) mass is 178 g/mol. The average Bonchev–Trinajstić information content (AvgIpc) is 2.58. The minimum Gasteiger partial charge on any atom is -0.316 e. The molecule has 0 radical (unpaired) electrons. The molecule has 2 heteroatoms. The first kappa shape index (κ1) is 9.05. The zero-order chi connectivity index (χ0) is 9.47. The summed E-state index contributed by atoms with van der Waals surface area (Å²) < 4.78 is 0. The number of nitrogens with zero attached hydrogens (tertiary/aromatic N) is 1. The van der Waals surface area contributed by atoms with Gasteiger partial charge in [-0.05, 0) is 32.2 Å². The van der Waals surface area contributed by atoms with Gasteiger partial charge in [-0.1, -0.05) is 5.92 Å². The zero-order valence-corrected chi connectivity index (χ0v) is 8.51. The molecule has 72 valence electrons. The standard InChI is InChI=1S/C11H18N2/c1-4-5-13-8-9-6-12-7-10(9)11(13,2)3/h1,9-10,12H,5-8H2,2-3H3. The summed E-state index contributed by atoms with van der Waals surface area (Å²) in [7, 11) is 0. The van der Waals surface area contributed by atoms with E-state index in [9.17, 15) is 0 Å². The van der Waals surface area contributed by atoms with Gasteiger partial charge in [-0.2, -0.15) is 0 Å². The summed E-state index contributed by atoms with van der Waals surface area (Å²) in [5, 5.41) is 3.46. The van der Waals surface area contributed by atoms with Gasteiger partial charge in [0.25, 0.3) is 0 Å². The van der Waals surface area contributed by atoms with E-state index in [2.05, 4.69) is 30.0 Å². The summed E-state index contributed by atoms with van der Waals surface area (Å²) in [5.41, 5.74) is 0.292. The van der Waals surface area contributed by atoms with E-state index < -0.39 is 0 Å². The van der Waals surface area contributed by atoms with Gasteiger partial charge in [-0.3, -0.25) is 4.90 Å². The summed E-state index contributed by atoms with van der Waals surface area (Å²) in [4.78, 5) is 2.45. The molecular formula is C11H18N2. The Balaban J connectivity index is 2.14. The van der Waals surface area contributed by atoms with Crippen molar-refractivity contribution >= 4 is 0 Å². The second-order valence-electron chi connectivity index (χ2n) is 4.76. The molecule has 2 fully saturated rings. The lowest BCUT2D eigenvalue weighted by atomic mass is 9.85. The molecule has 2 atom stereocenters. The summed E-state index contributed by atoms with van der Waals surface area (Å²) in [6.45, 7) is 8.97. The van der Waals surface area contributed by atoms with Crippen LogP contribution in [0, 0.1) is 24.2 Å². The first-order valence-electron chi connectivity index (χ1n) is 5.05. The van der Waals surface area contributed by atoms with Gasteiger partial charge in [0.05, 0.1) is 6.54 Å². The highest BCUT2D eigenvalue weighted by molar-refractivity contribution is 5.07. The highest BCUT2D eigenvalue weighted by Gasteiger charge is 2.48. The summed E-state index contributed by atoms with van der Waals surface area (Å²) in [6.07, 6.45) is 5.37.